The second-order valence-corrected chi connectivity index (χ2v) is 6.00. The molecule has 2 N–H and O–H groups in total. The van der Waals surface area contributed by atoms with Crippen LogP contribution in [-0.2, 0) is 16.6 Å². The fourth-order valence-corrected chi connectivity index (χ4v) is 2.44. The summed E-state index contributed by atoms with van der Waals surface area (Å²) in [6.45, 7) is 5.95. The lowest BCUT2D eigenvalue weighted by Crippen LogP contribution is -2.43. The molecule has 21 heavy (non-hydrogen) atoms. The van der Waals surface area contributed by atoms with Crippen LogP contribution in [0.2, 0.25) is 0 Å². The second-order valence-electron chi connectivity index (χ2n) is 6.00. The van der Waals surface area contributed by atoms with Crippen LogP contribution in [0.25, 0.3) is 0 Å². The summed E-state index contributed by atoms with van der Waals surface area (Å²) >= 11 is 0. The first-order chi connectivity index (χ1) is 9.43. The minimum absolute atomic E-state index is 0. The van der Waals surface area contributed by atoms with E-state index in [9.17, 15) is 4.79 Å². The molecule has 2 heterocycles. The van der Waals surface area contributed by atoms with Gasteiger partial charge >= 0.3 is 0 Å². The highest BCUT2D eigenvalue weighted by Gasteiger charge is 2.35. The van der Waals surface area contributed by atoms with Gasteiger partial charge in [-0.2, -0.15) is 5.10 Å². The summed E-state index contributed by atoms with van der Waals surface area (Å²) < 4.78 is 7.10. The fourth-order valence-electron chi connectivity index (χ4n) is 2.44. The van der Waals surface area contributed by atoms with E-state index in [1.165, 1.54) is 0 Å². The van der Waals surface area contributed by atoms with Crippen LogP contribution < -0.4 is 10.6 Å². The maximum Gasteiger partial charge on any atom is 0.225 e. The van der Waals surface area contributed by atoms with Gasteiger partial charge in [-0.25, -0.2) is 0 Å². The molecule has 0 spiro atoms. The monoisotopic (exact) mass is 316 g/mol. The van der Waals surface area contributed by atoms with Gasteiger partial charge in [-0.05, 0) is 19.4 Å². The molecule has 1 fully saturated rings. The van der Waals surface area contributed by atoms with Crippen LogP contribution in [0.4, 0.5) is 0 Å². The van der Waals surface area contributed by atoms with Crippen LogP contribution in [0.3, 0.4) is 0 Å². The summed E-state index contributed by atoms with van der Waals surface area (Å²) in [6.07, 6.45) is 3.83. The summed E-state index contributed by atoms with van der Waals surface area (Å²) in [4.78, 5) is 12.4. The van der Waals surface area contributed by atoms with Gasteiger partial charge in [0.05, 0.1) is 17.7 Å². The van der Waals surface area contributed by atoms with Crippen molar-refractivity contribution in [2.75, 3.05) is 26.7 Å². The van der Waals surface area contributed by atoms with E-state index in [4.69, 9.17) is 4.74 Å². The molecule has 2 rings (SSSR count). The first-order valence-electron chi connectivity index (χ1n) is 6.95. The van der Waals surface area contributed by atoms with Crippen LogP contribution in [-0.4, -0.2) is 48.0 Å². The van der Waals surface area contributed by atoms with Crippen molar-refractivity contribution in [2.24, 2.45) is 13.0 Å². The van der Waals surface area contributed by atoms with Gasteiger partial charge < -0.3 is 15.4 Å². The summed E-state index contributed by atoms with van der Waals surface area (Å²) in [5.41, 5.74) is 0.773. The number of carbonyl (C=O) groups excluding carboxylic acids is 1. The van der Waals surface area contributed by atoms with E-state index in [2.05, 4.69) is 15.7 Å². The lowest BCUT2D eigenvalue weighted by molar-refractivity contribution is -0.126. The fraction of sp³-hybridized carbons (Fsp3) is 0.714. The average Bonchev–Trinajstić information content (AvgIpc) is 3.04. The van der Waals surface area contributed by atoms with E-state index in [1.807, 2.05) is 33.3 Å². The molecular formula is C14H25ClN4O2. The van der Waals surface area contributed by atoms with Crippen molar-refractivity contribution in [1.29, 1.82) is 0 Å². The normalized spacial score (nSPS) is 21.9. The number of ether oxygens (including phenoxy) is 1. The lowest BCUT2D eigenvalue weighted by atomic mass is 9.90. The van der Waals surface area contributed by atoms with Crippen molar-refractivity contribution >= 4 is 18.3 Å². The molecule has 1 saturated heterocycles. The zero-order valence-corrected chi connectivity index (χ0v) is 13.9. The van der Waals surface area contributed by atoms with Crippen molar-refractivity contribution < 1.29 is 9.53 Å². The van der Waals surface area contributed by atoms with Gasteiger partial charge in [0.15, 0.2) is 0 Å². The van der Waals surface area contributed by atoms with Crippen LogP contribution in [0, 0.1) is 5.92 Å². The quantitative estimate of drug-likeness (QED) is 0.838. The Hall–Kier alpha value is -1.11. The molecule has 1 aromatic rings. The number of hydrogen-bond donors (Lipinski definition) is 2. The van der Waals surface area contributed by atoms with Crippen LogP contribution in [0.5, 0.6) is 0 Å². The smallest absolute Gasteiger partial charge is 0.225 e. The first kappa shape index (κ1) is 17.9. The van der Waals surface area contributed by atoms with Crippen LogP contribution in [0.1, 0.15) is 25.3 Å². The highest BCUT2D eigenvalue weighted by Crippen LogP contribution is 2.27. The van der Waals surface area contributed by atoms with Crippen LogP contribution >= 0.6 is 12.4 Å². The molecular weight excluding hydrogens is 292 g/mol. The Kier molecular flexibility index (Phi) is 6.19. The number of hydrogen-bond acceptors (Lipinski definition) is 4. The van der Waals surface area contributed by atoms with Crippen LogP contribution in [0.15, 0.2) is 12.4 Å². The standard InChI is InChI=1S/C14H24N4O2.ClH/c1-14(2,20-4)9-16-13(19)12-7-15-6-11(12)10-5-17-18(3)8-10;/h5,8,11-12,15H,6-7,9H2,1-4H3,(H,16,19);1H/t11-,12+;/m1./s1. The number of carbonyl (C=O) groups is 1. The van der Waals surface area contributed by atoms with E-state index >= 15 is 0 Å². The molecule has 0 bridgehead atoms. The molecule has 7 heteroatoms. The van der Waals surface area contributed by atoms with Gasteiger partial charge in [-0.15, -0.1) is 12.4 Å². The van der Waals surface area contributed by atoms with E-state index < -0.39 is 0 Å². The number of nitrogens with one attached hydrogen (secondary N) is 2. The Labute approximate surface area is 132 Å². The van der Waals surface area contributed by atoms with Gasteiger partial charge in [0, 0.05) is 45.9 Å². The van der Waals surface area contributed by atoms with E-state index in [1.54, 1.807) is 11.8 Å². The molecule has 0 unspecified atom stereocenters. The predicted octanol–water partition coefficient (Wildman–Crippen LogP) is 0.686. The van der Waals surface area contributed by atoms with E-state index in [0.717, 1.165) is 12.1 Å². The molecule has 0 saturated carbocycles. The number of rotatable bonds is 5. The lowest BCUT2D eigenvalue weighted by Gasteiger charge is -2.25. The third kappa shape index (κ3) is 4.43. The zero-order chi connectivity index (χ0) is 14.8. The topological polar surface area (TPSA) is 68.2 Å². The first-order valence-corrected chi connectivity index (χ1v) is 6.95. The Morgan fingerprint density at radius 2 is 2.29 bits per heavy atom. The van der Waals surface area contributed by atoms with Crippen molar-refractivity contribution in [3.8, 4) is 0 Å². The molecule has 120 valence electrons. The minimum atomic E-state index is -0.342. The second kappa shape index (κ2) is 7.24. The molecule has 1 aliphatic heterocycles. The van der Waals surface area contributed by atoms with Gasteiger partial charge in [-0.1, -0.05) is 0 Å². The van der Waals surface area contributed by atoms with Crippen molar-refractivity contribution in [2.45, 2.75) is 25.4 Å². The number of methoxy groups -OCH3 is 1. The SMILES string of the molecule is COC(C)(C)CNC(=O)[C@H]1CNC[C@@H]1c1cnn(C)c1.Cl. The number of aromatic nitrogens is 2. The summed E-state index contributed by atoms with van der Waals surface area (Å²) in [5.74, 6) is 0.218. The summed E-state index contributed by atoms with van der Waals surface area (Å²) in [6, 6.07) is 0. The maximum absolute atomic E-state index is 12.4. The number of nitrogens with zero attached hydrogens (tertiary/aromatic N) is 2. The van der Waals surface area contributed by atoms with Crippen molar-refractivity contribution in [3.05, 3.63) is 18.0 Å². The molecule has 1 aromatic heterocycles. The van der Waals surface area contributed by atoms with Crippen molar-refractivity contribution in [1.82, 2.24) is 20.4 Å². The molecule has 0 aromatic carbocycles. The third-order valence-electron chi connectivity index (χ3n) is 3.94. The highest BCUT2D eigenvalue weighted by molar-refractivity contribution is 5.85. The number of amides is 1. The predicted molar refractivity (Wildman–Crippen MR) is 83.7 cm³/mol. The van der Waals surface area contributed by atoms with Gasteiger partial charge in [0.25, 0.3) is 0 Å². The van der Waals surface area contributed by atoms with Gasteiger partial charge in [-0.3, -0.25) is 9.48 Å². The van der Waals surface area contributed by atoms with Gasteiger partial charge in [0.1, 0.15) is 0 Å². The molecule has 2 atom stereocenters. The molecule has 6 nitrogen and oxygen atoms in total. The zero-order valence-electron chi connectivity index (χ0n) is 13.0. The van der Waals surface area contributed by atoms with E-state index in [0.29, 0.717) is 13.1 Å². The number of aryl methyl sites for hydroxylation is 1. The highest BCUT2D eigenvalue weighted by atomic mass is 35.5. The van der Waals surface area contributed by atoms with E-state index in [-0.39, 0.29) is 35.8 Å². The Morgan fingerprint density at radius 1 is 1.57 bits per heavy atom. The third-order valence-corrected chi connectivity index (χ3v) is 3.94. The average molecular weight is 317 g/mol. The summed E-state index contributed by atoms with van der Waals surface area (Å²) in [5, 5.41) is 10.5. The largest absolute Gasteiger partial charge is 0.377 e. The minimum Gasteiger partial charge on any atom is -0.377 e. The Bertz CT molecular complexity index is 475. The summed E-state index contributed by atoms with van der Waals surface area (Å²) in [7, 11) is 3.55. The number of halogens is 1. The maximum atomic E-state index is 12.4. The molecule has 1 amide bonds. The Morgan fingerprint density at radius 3 is 2.86 bits per heavy atom. The van der Waals surface area contributed by atoms with Crippen molar-refractivity contribution in [3.63, 3.8) is 0 Å². The molecule has 0 aliphatic carbocycles. The Balaban J connectivity index is 0.00000220. The van der Waals surface area contributed by atoms with Gasteiger partial charge in [0.2, 0.25) is 5.91 Å². The molecule has 1 aliphatic rings. The molecule has 0 radical (unpaired) electrons.